The lowest BCUT2D eigenvalue weighted by molar-refractivity contribution is 0.163. The number of hydrogen-bond acceptors (Lipinski definition) is 4. The van der Waals surface area contributed by atoms with Gasteiger partial charge in [-0.2, -0.15) is 0 Å². The molecule has 0 spiro atoms. The van der Waals surface area contributed by atoms with Crippen LogP contribution >= 0.6 is 0 Å². The van der Waals surface area contributed by atoms with E-state index in [9.17, 15) is 0 Å². The maximum atomic E-state index is 5.76. The summed E-state index contributed by atoms with van der Waals surface area (Å²) >= 11 is 0. The van der Waals surface area contributed by atoms with Crippen molar-refractivity contribution in [1.29, 1.82) is 0 Å². The van der Waals surface area contributed by atoms with Crippen LogP contribution in [0.4, 0.5) is 0 Å². The van der Waals surface area contributed by atoms with Gasteiger partial charge in [0, 0.05) is 26.7 Å². The molecule has 0 bridgehead atoms. The number of aliphatic imine (C=N–C) groups is 1. The van der Waals surface area contributed by atoms with Gasteiger partial charge in [0.15, 0.2) is 5.96 Å². The molecule has 174 valence electrons. The number of nitrogens with one attached hydrogen (secondary N) is 1. The summed E-state index contributed by atoms with van der Waals surface area (Å²) < 4.78 is 5.76. The second-order valence-corrected chi connectivity index (χ2v) is 9.52. The molecule has 2 fully saturated rings. The maximum Gasteiger partial charge on any atom is 0.208 e. The Morgan fingerprint density at radius 1 is 1.03 bits per heavy atom. The van der Waals surface area contributed by atoms with Crippen LogP contribution in [0, 0.1) is 25.7 Å². The van der Waals surface area contributed by atoms with Gasteiger partial charge in [0.25, 0.3) is 0 Å². The van der Waals surface area contributed by atoms with Crippen molar-refractivity contribution in [2.45, 2.75) is 52.5 Å². The van der Waals surface area contributed by atoms with E-state index >= 15 is 0 Å². The van der Waals surface area contributed by atoms with Crippen LogP contribution in [-0.2, 0) is 13.0 Å². The Morgan fingerprint density at radius 2 is 1.72 bits per heavy atom. The molecule has 6 nitrogen and oxygen atoms in total. The van der Waals surface area contributed by atoms with Crippen LogP contribution in [0.15, 0.2) is 39.7 Å². The van der Waals surface area contributed by atoms with Gasteiger partial charge in [-0.15, -0.1) is 0 Å². The Balaban J connectivity index is 1.16. The van der Waals surface area contributed by atoms with Crippen molar-refractivity contribution in [2.75, 3.05) is 39.8 Å². The molecule has 0 amide bonds. The fourth-order valence-corrected chi connectivity index (χ4v) is 5.01. The number of hydrogen-bond donors (Lipinski definition) is 1. The van der Waals surface area contributed by atoms with Crippen LogP contribution < -0.4 is 5.32 Å². The predicted octanol–water partition coefficient (Wildman–Crippen LogP) is 4.03. The lowest BCUT2D eigenvalue weighted by atomic mass is 9.90. The Labute approximate surface area is 193 Å². The summed E-state index contributed by atoms with van der Waals surface area (Å²) in [6.07, 6.45) is 6.11. The first kappa shape index (κ1) is 22.8. The second kappa shape index (κ2) is 11.0. The number of aromatic nitrogens is 1. The number of likely N-dealkylation sites (tertiary alicyclic amines) is 2. The first-order valence-electron chi connectivity index (χ1n) is 12.3. The minimum Gasteiger partial charge on any atom is -0.444 e. The van der Waals surface area contributed by atoms with Gasteiger partial charge in [-0.05, 0) is 76.4 Å². The van der Waals surface area contributed by atoms with Crippen molar-refractivity contribution in [1.82, 2.24) is 20.1 Å². The molecule has 0 radical (unpaired) electrons. The standard InChI is InChI=1S/C26H39N5O/c1-20-21(2)32-25(29-20)19-30-13-9-24(10-14-30)18-28-26(27-3)31-15-11-23(12-16-31)17-22-7-5-4-6-8-22/h4-8,23-24H,9-19H2,1-3H3,(H,27,28). The quantitative estimate of drug-likeness (QED) is 0.546. The highest BCUT2D eigenvalue weighted by molar-refractivity contribution is 5.79. The zero-order valence-electron chi connectivity index (χ0n) is 20.0. The lowest BCUT2D eigenvalue weighted by Gasteiger charge is -2.36. The normalized spacial score (nSPS) is 19.5. The van der Waals surface area contributed by atoms with E-state index in [1.165, 1.54) is 37.7 Å². The molecule has 32 heavy (non-hydrogen) atoms. The molecule has 2 aliphatic rings. The van der Waals surface area contributed by atoms with E-state index in [1.54, 1.807) is 0 Å². The van der Waals surface area contributed by atoms with Crippen molar-refractivity contribution in [3.05, 3.63) is 53.2 Å². The molecule has 0 saturated carbocycles. The molecule has 0 aliphatic carbocycles. The molecule has 6 heteroatoms. The topological polar surface area (TPSA) is 56.9 Å². The number of piperidine rings is 2. The highest BCUT2D eigenvalue weighted by atomic mass is 16.4. The summed E-state index contributed by atoms with van der Waals surface area (Å²) in [6.45, 7) is 10.3. The molecular formula is C26H39N5O. The van der Waals surface area contributed by atoms with Gasteiger partial charge in [-0.3, -0.25) is 9.89 Å². The third kappa shape index (κ3) is 6.12. The molecule has 1 aromatic heterocycles. The summed E-state index contributed by atoms with van der Waals surface area (Å²) in [5, 5.41) is 3.68. The average molecular weight is 438 g/mol. The zero-order chi connectivity index (χ0) is 22.3. The Hall–Kier alpha value is -2.34. The summed E-state index contributed by atoms with van der Waals surface area (Å²) in [6, 6.07) is 10.9. The van der Waals surface area contributed by atoms with E-state index in [-0.39, 0.29) is 0 Å². The lowest BCUT2D eigenvalue weighted by Crippen LogP contribution is -2.47. The molecule has 1 aromatic carbocycles. The number of guanidine groups is 1. The zero-order valence-corrected chi connectivity index (χ0v) is 20.0. The van der Waals surface area contributed by atoms with Crippen molar-refractivity contribution in [3.63, 3.8) is 0 Å². The van der Waals surface area contributed by atoms with Gasteiger partial charge in [0.05, 0.1) is 12.2 Å². The summed E-state index contributed by atoms with van der Waals surface area (Å²) in [5.74, 6) is 4.36. The summed E-state index contributed by atoms with van der Waals surface area (Å²) in [5.41, 5.74) is 2.47. The van der Waals surface area contributed by atoms with Gasteiger partial charge < -0.3 is 14.6 Å². The van der Waals surface area contributed by atoms with E-state index in [1.807, 2.05) is 20.9 Å². The molecule has 2 saturated heterocycles. The predicted molar refractivity (Wildman–Crippen MR) is 130 cm³/mol. The van der Waals surface area contributed by atoms with E-state index in [0.29, 0.717) is 5.92 Å². The number of oxazole rings is 1. The van der Waals surface area contributed by atoms with Gasteiger partial charge in [0.1, 0.15) is 5.76 Å². The van der Waals surface area contributed by atoms with Gasteiger partial charge in [-0.25, -0.2) is 4.98 Å². The van der Waals surface area contributed by atoms with Crippen LogP contribution in [0.5, 0.6) is 0 Å². The molecule has 1 N–H and O–H groups in total. The van der Waals surface area contributed by atoms with E-state index < -0.39 is 0 Å². The molecule has 3 heterocycles. The number of benzene rings is 1. The molecule has 0 unspecified atom stereocenters. The number of nitrogens with zero attached hydrogens (tertiary/aromatic N) is 4. The summed E-state index contributed by atoms with van der Waals surface area (Å²) in [7, 11) is 1.92. The van der Waals surface area contributed by atoms with E-state index in [4.69, 9.17) is 4.42 Å². The maximum absolute atomic E-state index is 5.76. The second-order valence-electron chi connectivity index (χ2n) is 9.52. The fourth-order valence-electron chi connectivity index (χ4n) is 5.01. The van der Waals surface area contributed by atoms with E-state index in [2.05, 4.69) is 55.4 Å². The van der Waals surface area contributed by atoms with Crippen molar-refractivity contribution in [3.8, 4) is 0 Å². The SMILES string of the molecule is CN=C(NCC1CCN(Cc2nc(C)c(C)o2)CC1)N1CCC(Cc2ccccc2)CC1. The first-order chi connectivity index (χ1) is 15.6. The van der Waals surface area contributed by atoms with Crippen LogP contribution in [0.3, 0.4) is 0 Å². The fraction of sp³-hybridized carbons (Fsp3) is 0.615. The van der Waals surface area contributed by atoms with E-state index in [0.717, 1.165) is 68.5 Å². The largest absolute Gasteiger partial charge is 0.444 e. The van der Waals surface area contributed by atoms with Crippen LogP contribution in [0.1, 0.15) is 48.6 Å². The van der Waals surface area contributed by atoms with Crippen LogP contribution in [0.2, 0.25) is 0 Å². The molecule has 0 atom stereocenters. The molecule has 4 rings (SSSR count). The number of aryl methyl sites for hydroxylation is 2. The minimum absolute atomic E-state index is 0.701. The van der Waals surface area contributed by atoms with Crippen molar-refractivity contribution >= 4 is 5.96 Å². The molecular weight excluding hydrogens is 398 g/mol. The minimum atomic E-state index is 0.701. The monoisotopic (exact) mass is 437 g/mol. The van der Waals surface area contributed by atoms with Gasteiger partial charge >= 0.3 is 0 Å². The van der Waals surface area contributed by atoms with Crippen molar-refractivity contribution in [2.24, 2.45) is 16.8 Å². The highest BCUT2D eigenvalue weighted by Gasteiger charge is 2.24. The first-order valence-corrected chi connectivity index (χ1v) is 12.3. The third-order valence-electron chi connectivity index (χ3n) is 7.18. The van der Waals surface area contributed by atoms with Crippen LogP contribution in [-0.4, -0.2) is 60.5 Å². The average Bonchev–Trinajstić information content (AvgIpc) is 3.13. The molecule has 2 aliphatic heterocycles. The Morgan fingerprint density at radius 3 is 2.34 bits per heavy atom. The highest BCUT2D eigenvalue weighted by Crippen LogP contribution is 2.22. The third-order valence-corrected chi connectivity index (χ3v) is 7.18. The molecule has 2 aromatic rings. The van der Waals surface area contributed by atoms with Gasteiger partial charge in [-0.1, -0.05) is 30.3 Å². The van der Waals surface area contributed by atoms with Crippen molar-refractivity contribution < 1.29 is 4.42 Å². The van der Waals surface area contributed by atoms with Crippen LogP contribution in [0.25, 0.3) is 0 Å². The van der Waals surface area contributed by atoms with Gasteiger partial charge in [0.2, 0.25) is 5.89 Å². The summed E-state index contributed by atoms with van der Waals surface area (Å²) in [4.78, 5) is 14.0. The Bertz CT molecular complexity index is 842. The number of rotatable bonds is 6. The Kier molecular flexibility index (Phi) is 7.85. The smallest absolute Gasteiger partial charge is 0.208 e.